The van der Waals surface area contributed by atoms with Crippen molar-refractivity contribution in [2.75, 3.05) is 7.11 Å². The number of ether oxygens (including phenoxy) is 1. The maximum Gasteiger partial charge on any atom is 0.124 e. The first kappa shape index (κ1) is 14.6. The summed E-state index contributed by atoms with van der Waals surface area (Å²) >= 11 is 3.88. The number of rotatable bonds is 3. The fourth-order valence-corrected chi connectivity index (χ4v) is 3.94. The predicted octanol–water partition coefficient (Wildman–Crippen LogP) is 5.29. The summed E-state index contributed by atoms with van der Waals surface area (Å²) < 4.78 is 5.46. The molecule has 2 aromatic rings. The number of alkyl halides is 1. The summed E-state index contributed by atoms with van der Waals surface area (Å²) in [5, 5.41) is 0. The van der Waals surface area contributed by atoms with Crippen LogP contribution in [0, 0.1) is 13.8 Å². The molecule has 110 valence electrons. The molecule has 0 heterocycles. The van der Waals surface area contributed by atoms with Crippen LogP contribution in [-0.2, 0) is 12.8 Å². The Kier molecular flexibility index (Phi) is 4.08. The molecular formula is C19H21BrO. The Hall–Kier alpha value is -1.28. The van der Waals surface area contributed by atoms with Crippen LogP contribution in [0.2, 0.25) is 0 Å². The van der Waals surface area contributed by atoms with E-state index in [1.165, 1.54) is 52.6 Å². The highest BCUT2D eigenvalue weighted by molar-refractivity contribution is 9.09. The minimum absolute atomic E-state index is 0.242. The zero-order valence-electron chi connectivity index (χ0n) is 12.9. The van der Waals surface area contributed by atoms with E-state index in [1.807, 2.05) is 0 Å². The van der Waals surface area contributed by atoms with Gasteiger partial charge in [0.25, 0.3) is 0 Å². The SMILES string of the molecule is COc1c(C)cc(C(Br)c2ccc3c(c2)CCC3)cc1C. The Morgan fingerprint density at radius 3 is 2.29 bits per heavy atom. The van der Waals surface area contributed by atoms with Crippen molar-refractivity contribution >= 4 is 15.9 Å². The van der Waals surface area contributed by atoms with Crippen LogP contribution in [0.25, 0.3) is 0 Å². The summed E-state index contributed by atoms with van der Waals surface area (Å²) in [7, 11) is 1.74. The maximum atomic E-state index is 5.46. The summed E-state index contributed by atoms with van der Waals surface area (Å²) in [4.78, 5) is 0.242. The normalized spacial score (nSPS) is 14.9. The molecule has 3 rings (SSSR count). The fraction of sp³-hybridized carbons (Fsp3) is 0.368. The van der Waals surface area contributed by atoms with E-state index >= 15 is 0 Å². The highest BCUT2D eigenvalue weighted by Gasteiger charge is 2.17. The maximum absolute atomic E-state index is 5.46. The van der Waals surface area contributed by atoms with Crippen molar-refractivity contribution < 1.29 is 4.74 Å². The molecule has 0 fully saturated rings. The summed E-state index contributed by atoms with van der Waals surface area (Å²) in [5.74, 6) is 0.993. The molecule has 0 bridgehead atoms. The lowest BCUT2D eigenvalue weighted by Gasteiger charge is -2.16. The van der Waals surface area contributed by atoms with Crippen molar-refractivity contribution in [3.8, 4) is 5.75 Å². The van der Waals surface area contributed by atoms with Gasteiger partial charge in [-0.3, -0.25) is 0 Å². The van der Waals surface area contributed by atoms with E-state index in [0.717, 1.165) is 5.75 Å². The summed E-state index contributed by atoms with van der Waals surface area (Å²) in [6, 6.07) is 11.4. The van der Waals surface area contributed by atoms with Gasteiger partial charge in [0.1, 0.15) is 5.75 Å². The number of hydrogen-bond acceptors (Lipinski definition) is 1. The molecule has 0 amide bonds. The Labute approximate surface area is 135 Å². The van der Waals surface area contributed by atoms with Gasteiger partial charge in [0, 0.05) is 0 Å². The van der Waals surface area contributed by atoms with Gasteiger partial charge in [-0.15, -0.1) is 0 Å². The van der Waals surface area contributed by atoms with Crippen LogP contribution in [0.4, 0.5) is 0 Å². The topological polar surface area (TPSA) is 9.23 Å². The van der Waals surface area contributed by atoms with Gasteiger partial charge in [0.2, 0.25) is 0 Å². The van der Waals surface area contributed by atoms with Crippen LogP contribution in [0.1, 0.15) is 44.6 Å². The van der Waals surface area contributed by atoms with E-state index in [1.54, 1.807) is 7.11 Å². The molecule has 0 saturated heterocycles. The molecule has 0 spiro atoms. The van der Waals surface area contributed by atoms with Gasteiger partial charge < -0.3 is 4.74 Å². The molecule has 1 aliphatic carbocycles. The summed E-state index contributed by atoms with van der Waals surface area (Å²) in [5.41, 5.74) is 8.08. The van der Waals surface area contributed by atoms with E-state index in [-0.39, 0.29) is 4.83 Å². The zero-order valence-corrected chi connectivity index (χ0v) is 14.5. The van der Waals surface area contributed by atoms with Crippen molar-refractivity contribution in [1.82, 2.24) is 0 Å². The minimum Gasteiger partial charge on any atom is -0.496 e. The second kappa shape index (κ2) is 5.84. The zero-order chi connectivity index (χ0) is 15.0. The molecule has 0 saturated carbocycles. The first-order valence-electron chi connectivity index (χ1n) is 7.51. The lowest BCUT2D eigenvalue weighted by atomic mass is 9.97. The number of benzene rings is 2. The highest BCUT2D eigenvalue weighted by Crippen LogP contribution is 2.36. The quantitative estimate of drug-likeness (QED) is 0.687. The van der Waals surface area contributed by atoms with Crippen molar-refractivity contribution in [3.63, 3.8) is 0 Å². The van der Waals surface area contributed by atoms with Crippen LogP contribution in [-0.4, -0.2) is 7.11 Å². The molecule has 0 radical (unpaired) electrons. The number of aryl methyl sites for hydroxylation is 4. The predicted molar refractivity (Wildman–Crippen MR) is 91.7 cm³/mol. The third kappa shape index (κ3) is 2.74. The van der Waals surface area contributed by atoms with Gasteiger partial charge in [-0.05, 0) is 66.5 Å². The first-order chi connectivity index (χ1) is 10.1. The van der Waals surface area contributed by atoms with E-state index in [9.17, 15) is 0 Å². The second-order valence-corrected chi connectivity index (χ2v) is 6.85. The third-order valence-electron chi connectivity index (χ3n) is 4.39. The van der Waals surface area contributed by atoms with Crippen molar-refractivity contribution in [2.45, 2.75) is 37.9 Å². The van der Waals surface area contributed by atoms with Crippen molar-refractivity contribution in [3.05, 3.63) is 63.7 Å². The summed E-state index contributed by atoms with van der Waals surface area (Å²) in [6.45, 7) is 4.22. The van der Waals surface area contributed by atoms with Crippen LogP contribution < -0.4 is 4.74 Å². The fourth-order valence-electron chi connectivity index (χ4n) is 3.39. The molecule has 0 N–H and O–H groups in total. The third-order valence-corrected chi connectivity index (χ3v) is 5.45. The van der Waals surface area contributed by atoms with Gasteiger partial charge >= 0.3 is 0 Å². The Morgan fingerprint density at radius 2 is 1.62 bits per heavy atom. The monoisotopic (exact) mass is 344 g/mol. The van der Waals surface area contributed by atoms with E-state index in [0.29, 0.717) is 0 Å². The molecule has 2 heteroatoms. The Balaban J connectivity index is 1.97. The number of fused-ring (bicyclic) bond motifs is 1. The minimum atomic E-state index is 0.242. The van der Waals surface area contributed by atoms with Crippen LogP contribution in [0.5, 0.6) is 5.75 Å². The summed E-state index contributed by atoms with van der Waals surface area (Å²) in [6.07, 6.45) is 3.76. The number of halogens is 1. The molecular weight excluding hydrogens is 324 g/mol. The highest BCUT2D eigenvalue weighted by atomic mass is 79.9. The number of methoxy groups -OCH3 is 1. The van der Waals surface area contributed by atoms with Crippen LogP contribution in [0.3, 0.4) is 0 Å². The molecule has 2 aromatic carbocycles. The van der Waals surface area contributed by atoms with Crippen molar-refractivity contribution in [1.29, 1.82) is 0 Å². The van der Waals surface area contributed by atoms with E-state index in [2.05, 4.69) is 60.1 Å². The molecule has 1 unspecified atom stereocenters. The molecule has 1 nitrogen and oxygen atoms in total. The smallest absolute Gasteiger partial charge is 0.124 e. The largest absolute Gasteiger partial charge is 0.496 e. The lowest BCUT2D eigenvalue weighted by molar-refractivity contribution is 0.408. The molecule has 1 aliphatic rings. The molecule has 1 atom stereocenters. The molecule has 0 aromatic heterocycles. The number of hydrogen-bond donors (Lipinski definition) is 0. The second-order valence-electron chi connectivity index (χ2n) is 5.93. The lowest BCUT2D eigenvalue weighted by Crippen LogP contribution is -1.98. The average Bonchev–Trinajstić information content (AvgIpc) is 2.93. The van der Waals surface area contributed by atoms with Crippen molar-refractivity contribution in [2.24, 2.45) is 0 Å². The molecule has 0 aliphatic heterocycles. The van der Waals surface area contributed by atoms with Crippen LogP contribution >= 0.6 is 15.9 Å². The van der Waals surface area contributed by atoms with Gasteiger partial charge in [-0.1, -0.05) is 46.3 Å². The van der Waals surface area contributed by atoms with Crippen LogP contribution in [0.15, 0.2) is 30.3 Å². The van der Waals surface area contributed by atoms with E-state index < -0.39 is 0 Å². The first-order valence-corrected chi connectivity index (χ1v) is 8.42. The van der Waals surface area contributed by atoms with E-state index in [4.69, 9.17) is 4.74 Å². The van der Waals surface area contributed by atoms with Gasteiger partial charge in [0.05, 0.1) is 11.9 Å². The van der Waals surface area contributed by atoms with Gasteiger partial charge in [-0.2, -0.15) is 0 Å². The van der Waals surface area contributed by atoms with Gasteiger partial charge in [0.15, 0.2) is 0 Å². The Morgan fingerprint density at radius 1 is 0.952 bits per heavy atom. The Bertz CT molecular complexity index is 652. The standard InChI is InChI=1S/C19H21BrO/c1-12-9-17(10-13(2)19(12)21-3)18(20)16-8-7-14-5-4-6-15(14)11-16/h7-11,18H,4-6H2,1-3H3. The van der Waals surface area contributed by atoms with Gasteiger partial charge in [-0.25, -0.2) is 0 Å². The average molecular weight is 345 g/mol. The molecule has 21 heavy (non-hydrogen) atoms.